The quantitative estimate of drug-likeness (QED) is 0.725. The molecule has 0 N–H and O–H groups in total. The van der Waals surface area contributed by atoms with Crippen molar-refractivity contribution in [2.75, 3.05) is 20.1 Å². The molecule has 0 amide bonds. The number of hydrogen-bond donors (Lipinski definition) is 0. The first-order chi connectivity index (χ1) is 6.97. The van der Waals surface area contributed by atoms with E-state index in [1.165, 1.54) is 0 Å². The average Bonchev–Trinajstić information content (AvgIpc) is 2.69. The summed E-state index contributed by atoms with van der Waals surface area (Å²) in [5.74, 6) is 0.380. The van der Waals surface area contributed by atoms with E-state index in [4.69, 9.17) is 4.52 Å². The van der Waals surface area contributed by atoms with E-state index >= 15 is 0 Å². The lowest BCUT2D eigenvalue weighted by Crippen LogP contribution is -2.13. The van der Waals surface area contributed by atoms with Crippen molar-refractivity contribution in [3.8, 4) is 0 Å². The third-order valence-electron chi connectivity index (χ3n) is 2.61. The molecule has 0 radical (unpaired) electrons. The summed E-state index contributed by atoms with van der Waals surface area (Å²) in [6.45, 7) is 1.61. The summed E-state index contributed by atoms with van der Waals surface area (Å²) in [4.78, 5) is 2.06. The van der Waals surface area contributed by atoms with Gasteiger partial charge in [0.1, 0.15) is 5.76 Å². The van der Waals surface area contributed by atoms with Gasteiger partial charge in [-0.2, -0.15) is 13.2 Å². The van der Waals surface area contributed by atoms with Crippen LogP contribution in [0.2, 0.25) is 0 Å². The molecule has 0 aliphatic carbocycles. The third kappa shape index (κ3) is 2.14. The van der Waals surface area contributed by atoms with Gasteiger partial charge in [-0.1, -0.05) is 5.16 Å². The Balaban J connectivity index is 2.14. The first kappa shape index (κ1) is 10.5. The molecule has 15 heavy (non-hydrogen) atoms. The molecule has 6 heteroatoms. The van der Waals surface area contributed by atoms with Gasteiger partial charge in [0.2, 0.25) is 0 Å². The SMILES string of the molecule is CN1CCC(c2cc(C(F)(F)F)no2)C1. The van der Waals surface area contributed by atoms with Gasteiger partial charge in [-0.25, -0.2) is 0 Å². The molecule has 1 aromatic heterocycles. The van der Waals surface area contributed by atoms with E-state index in [0.29, 0.717) is 5.76 Å². The zero-order valence-corrected chi connectivity index (χ0v) is 8.21. The van der Waals surface area contributed by atoms with Gasteiger partial charge >= 0.3 is 6.18 Å². The maximum Gasteiger partial charge on any atom is 0.436 e. The molecule has 1 unspecified atom stereocenters. The second-order valence-corrected chi connectivity index (χ2v) is 3.86. The van der Waals surface area contributed by atoms with Crippen molar-refractivity contribution in [3.05, 3.63) is 17.5 Å². The molecule has 2 heterocycles. The van der Waals surface area contributed by atoms with Crippen molar-refractivity contribution in [2.45, 2.75) is 18.5 Å². The monoisotopic (exact) mass is 220 g/mol. The van der Waals surface area contributed by atoms with Crippen molar-refractivity contribution < 1.29 is 17.7 Å². The van der Waals surface area contributed by atoms with Gasteiger partial charge in [0.15, 0.2) is 5.69 Å². The number of nitrogens with zero attached hydrogens (tertiary/aromatic N) is 2. The zero-order valence-electron chi connectivity index (χ0n) is 8.21. The Hall–Kier alpha value is -1.04. The van der Waals surface area contributed by atoms with Crippen molar-refractivity contribution in [3.63, 3.8) is 0 Å². The highest BCUT2D eigenvalue weighted by atomic mass is 19.4. The van der Waals surface area contributed by atoms with E-state index < -0.39 is 11.9 Å². The number of likely N-dealkylation sites (N-methyl/N-ethyl adjacent to an activating group) is 1. The molecule has 0 saturated carbocycles. The van der Waals surface area contributed by atoms with Crippen LogP contribution in [0.25, 0.3) is 0 Å². The summed E-state index contributed by atoms with van der Waals surface area (Å²) in [5, 5.41) is 3.04. The molecule has 1 aromatic rings. The maximum absolute atomic E-state index is 12.2. The molecular formula is C9H11F3N2O. The van der Waals surface area contributed by atoms with Crippen molar-refractivity contribution in [2.24, 2.45) is 0 Å². The van der Waals surface area contributed by atoms with Crippen LogP contribution in [-0.2, 0) is 6.18 Å². The minimum atomic E-state index is -4.41. The summed E-state index contributed by atoms with van der Waals surface area (Å²) in [7, 11) is 1.93. The minimum absolute atomic E-state index is 0.0404. The van der Waals surface area contributed by atoms with E-state index in [1.807, 2.05) is 7.05 Å². The van der Waals surface area contributed by atoms with Gasteiger partial charge in [0, 0.05) is 18.5 Å². The van der Waals surface area contributed by atoms with Crippen LogP contribution < -0.4 is 0 Å². The highest BCUT2D eigenvalue weighted by Gasteiger charge is 2.36. The van der Waals surface area contributed by atoms with E-state index in [9.17, 15) is 13.2 Å². The topological polar surface area (TPSA) is 29.3 Å². The third-order valence-corrected chi connectivity index (χ3v) is 2.61. The Morgan fingerprint density at radius 3 is 2.73 bits per heavy atom. The van der Waals surface area contributed by atoms with Gasteiger partial charge in [0.25, 0.3) is 0 Å². The number of alkyl halides is 3. The fourth-order valence-electron chi connectivity index (χ4n) is 1.78. The van der Waals surface area contributed by atoms with Crippen LogP contribution in [0, 0.1) is 0 Å². The summed E-state index contributed by atoms with van der Waals surface area (Å²) in [6.07, 6.45) is -3.59. The Kier molecular flexibility index (Phi) is 2.46. The number of aromatic nitrogens is 1. The molecule has 0 bridgehead atoms. The lowest BCUT2D eigenvalue weighted by atomic mass is 10.1. The molecule has 3 nitrogen and oxygen atoms in total. The second-order valence-electron chi connectivity index (χ2n) is 3.86. The smallest absolute Gasteiger partial charge is 0.360 e. The van der Waals surface area contributed by atoms with Gasteiger partial charge in [-0.05, 0) is 20.0 Å². The predicted molar refractivity (Wildman–Crippen MR) is 46.4 cm³/mol. The Bertz CT molecular complexity index is 347. The summed E-state index contributed by atoms with van der Waals surface area (Å²) in [5.41, 5.74) is -0.938. The number of halogens is 3. The fraction of sp³-hybridized carbons (Fsp3) is 0.667. The van der Waals surface area contributed by atoms with E-state index in [-0.39, 0.29) is 5.92 Å². The van der Waals surface area contributed by atoms with Crippen molar-refractivity contribution >= 4 is 0 Å². The van der Waals surface area contributed by atoms with Gasteiger partial charge in [-0.3, -0.25) is 0 Å². The molecule has 1 saturated heterocycles. The molecule has 1 aliphatic rings. The normalized spacial score (nSPS) is 23.6. The average molecular weight is 220 g/mol. The largest absolute Gasteiger partial charge is 0.436 e. The van der Waals surface area contributed by atoms with Gasteiger partial charge in [0.05, 0.1) is 0 Å². The lowest BCUT2D eigenvalue weighted by Gasteiger charge is -2.05. The van der Waals surface area contributed by atoms with Crippen LogP contribution >= 0.6 is 0 Å². The van der Waals surface area contributed by atoms with Crippen LogP contribution in [-0.4, -0.2) is 30.2 Å². The van der Waals surface area contributed by atoms with E-state index in [1.54, 1.807) is 0 Å². The number of rotatable bonds is 1. The predicted octanol–water partition coefficient (Wildman–Crippen LogP) is 2.11. The second kappa shape index (κ2) is 3.52. The fourth-order valence-corrected chi connectivity index (χ4v) is 1.78. The highest BCUT2D eigenvalue weighted by Crippen LogP contribution is 2.32. The lowest BCUT2D eigenvalue weighted by molar-refractivity contribution is -0.142. The summed E-state index contributed by atoms with van der Waals surface area (Å²) in [6, 6.07) is 1.00. The van der Waals surface area contributed by atoms with Crippen LogP contribution in [0.1, 0.15) is 23.8 Å². The molecule has 1 fully saturated rings. The molecule has 0 spiro atoms. The van der Waals surface area contributed by atoms with Crippen LogP contribution in [0.4, 0.5) is 13.2 Å². The van der Waals surface area contributed by atoms with Crippen molar-refractivity contribution in [1.82, 2.24) is 10.1 Å². The molecule has 2 rings (SSSR count). The number of likely N-dealkylation sites (tertiary alicyclic amines) is 1. The first-order valence-corrected chi connectivity index (χ1v) is 4.69. The Morgan fingerprint density at radius 1 is 1.53 bits per heavy atom. The maximum atomic E-state index is 12.2. The summed E-state index contributed by atoms with van der Waals surface area (Å²) < 4.78 is 41.4. The molecule has 84 valence electrons. The summed E-state index contributed by atoms with van der Waals surface area (Å²) >= 11 is 0. The highest BCUT2D eigenvalue weighted by molar-refractivity contribution is 5.14. The van der Waals surface area contributed by atoms with Crippen LogP contribution in [0.3, 0.4) is 0 Å². The minimum Gasteiger partial charge on any atom is -0.360 e. The molecular weight excluding hydrogens is 209 g/mol. The van der Waals surface area contributed by atoms with E-state index in [0.717, 1.165) is 25.6 Å². The van der Waals surface area contributed by atoms with Crippen molar-refractivity contribution in [1.29, 1.82) is 0 Å². The van der Waals surface area contributed by atoms with Crippen LogP contribution in [0.15, 0.2) is 10.6 Å². The van der Waals surface area contributed by atoms with Gasteiger partial charge in [-0.15, -0.1) is 0 Å². The molecule has 1 atom stereocenters. The number of hydrogen-bond acceptors (Lipinski definition) is 3. The Morgan fingerprint density at radius 2 is 2.27 bits per heavy atom. The standard InChI is InChI=1S/C9H11F3N2O/c1-14-3-2-6(5-14)7-4-8(13-15-7)9(10,11)12/h4,6H,2-3,5H2,1H3. The first-order valence-electron chi connectivity index (χ1n) is 4.69. The molecule has 1 aliphatic heterocycles. The Labute approximate surface area is 84.8 Å². The molecule has 0 aromatic carbocycles. The van der Waals surface area contributed by atoms with Gasteiger partial charge < -0.3 is 9.42 Å². The van der Waals surface area contributed by atoms with Crippen LogP contribution in [0.5, 0.6) is 0 Å². The van der Waals surface area contributed by atoms with E-state index in [2.05, 4.69) is 10.1 Å². The zero-order chi connectivity index (χ0) is 11.1.